The third-order valence-electron chi connectivity index (χ3n) is 5.59. The number of aromatic amines is 1. The van der Waals surface area contributed by atoms with Gasteiger partial charge in [-0.3, -0.25) is 9.89 Å². The van der Waals surface area contributed by atoms with Gasteiger partial charge in [0.05, 0.1) is 36.7 Å². The number of methoxy groups -OCH3 is 2. The van der Waals surface area contributed by atoms with Crippen LogP contribution in [0.1, 0.15) is 51.2 Å². The van der Waals surface area contributed by atoms with Crippen LogP contribution in [0.25, 0.3) is 10.9 Å². The Hall–Kier alpha value is -2.99. The number of nitrogens with zero attached hydrogens (tertiary/aromatic N) is 2. The standard InChI is InChI=1S/C26H35N3O3/c1-6-13-29(14-7-2)17-18-9-11-19(12-10-18)27-21(8-3)25-20-15-23(31-4)24(32-5)16-22(20)28-26(25)30/h9-12,15-16,28,30H,6-8,13-14,17H2,1-5H3. The Morgan fingerprint density at radius 2 is 1.59 bits per heavy atom. The maximum atomic E-state index is 10.7. The predicted molar refractivity (Wildman–Crippen MR) is 132 cm³/mol. The van der Waals surface area contributed by atoms with Crippen LogP contribution in [0.2, 0.25) is 0 Å². The molecule has 0 spiro atoms. The summed E-state index contributed by atoms with van der Waals surface area (Å²) in [4.78, 5) is 10.4. The van der Waals surface area contributed by atoms with Crippen molar-refractivity contribution in [1.82, 2.24) is 9.88 Å². The Bertz CT molecular complexity index is 1050. The maximum Gasteiger partial charge on any atom is 0.198 e. The molecule has 0 aliphatic carbocycles. The van der Waals surface area contributed by atoms with Gasteiger partial charge in [-0.2, -0.15) is 0 Å². The topological polar surface area (TPSA) is 70.1 Å². The van der Waals surface area contributed by atoms with E-state index in [0.29, 0.717) is 23.5 Å². The van der Waals surface area contributed by atoms with Crippen LogP contribution in [0, 0.1) is 0 Å². The van der Waals surface area contributed by atoms with Crippen molar-refractivity contribution in [1.29, 1.82) is 0 Å². The number of hydrogen-bond donors (Lipinski definition) is 2. The van der Waals surface area contributed by atoms with Gasteiger partial charge in [-0.15, -0.1) is 0 Å². The first kappa shape index (κ1) is 23.7. The smallest absolute Gasteiger partial charge is 0.198 e. The number of aromatic nitrogens is 1. The zero-order valence-corrected chi connectivity index (χ0v) is 19.9. The molecule has 0 atom stereocenters. The van der Waals surface area contributed by atoms with E-state index < -0.39 is 0 Å². The highest BCUT2D eigenvalue weighted by atomic mass is 16.5. The van der Waals surface area contributed by atoms with Crippen LogP contribution >= 0.6 is 0 Å². The van der Waals surface area contributed by atoms with Crippen LogP contribution in [-0.2, 0) is 6.54 Å². The minimum absolute atomic E-state index is 0.0994. The first-order chi connectivity index (χ1) is 15.5. The number of aromatic hydroxyl groups is 1. The van der Waals surface area contributed by atoms with Gasteiger partial charge in [0.25, 0.3) is 0 Å². The molecule has 3 rings (SSSR count). The molecule has 0 radical (unpaired) electrons. The summed E-state index contributed by atoms with van der Waals surface area (Å²) in [5, 5.41) is 11.5. The van der Waals surface area contributed by atoms with Gasteiger partial charge in [-0.05, 0) is 56.1 Å². The predicted octanol–water partition coefficient (Wildman–Crippen LogP) is 6.04. The molecule has 2 aromatic carbocycles. The van der Waals surface area contributed by atoms with Crippen molar-refractivity contribution >= 4 is 22.3 Å². The first-order valence-corrected chi connectivity index (χ1v) is 11.4. The van der Waals surface area contributed by atoms with Gasteiger partial charge in [0.1, 0.15) is 0 Å². The fourth-order valence-corrected chi connectivity index (χ4v) is 4.10. The van der Waals surface area contributed by atoms with E-state index in [1.165, 1.54) is 5.56 Å². The third kappa shape index (κ3) is 5.25. The quantitative estimate of drug-likeness (QED) is 0.359. The number of ether oxygens (including phenoxy) is 2. The van der Waals surface area contributed by atoms with Gasteiger partial charge in [0.2, 0.25) is 0 Å². The van der Waals surface area contributed by atoms with Crippen LogP contribution in [0.3, 0.4) is 0 Å². The van der Waals surface area contributed by atoms with E-state index >= 15 is 0 Å². The molecule has 172 valence electrons. The number of aliphatic imine (C=N–C) groups is 1. The summed E-state index contributed by atoms with van der Waals surface area (Å²) >= 11 is 0. The number of benzene rings is 2. The number of hydrogen-bond acceptors (Lipinski definition) is 5. The molecule has 1 heterocycles. The molecule has 0 aliphatic rings. The molecule has 0 aliphatic heterocycles. The SMILES string of the molecule is CCCN(CCC)Cc1ccc(N=C(CC)c2c(O)[nH]c3cc(OC)c(OC)cc23)cc1. The summed E-state index contributed by atoms with van der Waals surface area (Å²) < 4.78 is 10.8. The molecule has 0 fully saturated rings. The fraction of sp³-hybridized carbons (Fsp3) is 0.423. The molecular weight excluding hydrogens is 402 g/mol. The molecule has 0 saturated carbocycles. The Morgan fingerprint density at radius 1 is 0.969 bits per heavy atom. The zero-order chi connectivity index (χ0) is 23.1. The second-order valence-corrected chi connectivity index (χ2v) is 7.96. The van der Waals surface area contributed by atoms with E-state index in [-0.39, 0.29) is 5.88 Å². The maximum absolute atomic E-state index is 10.7. The van der Waals surface area contributed by atoms with Crippen molar-refractivity contribution in [2.24, 2.45) is 4.99 Å². The van der Waals surface area contributed by atoms with Crippen LogP contribution in [0.15, 0.2) is 41.4 Å². The summed E-state index contributed by atoms with van der Waals surface area (Å²) in [6.07, 6.45) is 3.00. The molecule has 3 aromatic rings. The second-order valence-electron chi connectivity index (χ2n) is 7.96. The number of rotatable bonds is 11. The van der Waals surface area contributed by atoms with E-state index in [4.69, 9.17) is 14.5 Å². The van der Waals surface area contributed by atoms with E-state index in [0.717, 1.165) is 54.8 Å². The summed E-state index contributed by atoms with van der Waals surface area (Å²) in [5.74, 6) is 1.32. The highest BCUT2D eigenvalue weighted by Gasteiger charge is 2.18. The number of H-pyrrole nitrogens is 1. The molecule has 0 bridgehead atoms. The van der Waals surface area contributed by atoms with Crippen molar-refractivity contribution in [3.63, 3.8) is 0 Å². The molecule has 1 aromatic heterocycles. The largest absolute Gasteiger partial charge is 0.494 e. The molecule has 0 unspecified atom stereocenters. The molecule has 2 N–H and O–H groups in total. The minimum Gasteiger partial charge on any atom is -0.494 e. The normalized spacial score (nSPS) is 12.0. The average Bonchev–Trinajstić information content (AvgIpc) is 3.12. The van der Waals surface area contributed by atoms with Crippen LogP contribution < -0.4 is 9.47 Å². The highest BCUT2D eigenvalue weighted by Crippen LogP contribution is 2.37. The first-order valence-electron chi connectivity index (χ1n) is 11.4. The Labute approximate surface area is 190 Å². The summed E-state index contributed by atoms with van der Waals surface area (Å²) in [7, 11) is 3.20. The minimum atomic E-state index is 0.0994. The van der Waals surface area contributed by atoms with Gasteiger partial charge in [0, 0.05) is 18.0 Å². The van der Waals surface area contributed by atoms with Gasteiger partial charge in [-0.25, -0.2) is 0 Å². The Morgan fingerprint density at radius 3 is 2.16 bits per heavy atom. The lowest BCUT2D eigenvalue weighted by molar-refractivity contribution is 0.266. The molecule has 0 saturated heterocycles. The Kier molecular flexibility index (Phi) is 8.17. The van der Waals surface area contributed by atoms with Crippen molar-refractivity contribution < 1.29 is 14.6 Å². The third-order valence-corrected chi connectivity index (χ3v) is 5.59. The van der Waals surface area contributed by atoms with Gasteiger partial charge in [-0.1, -0.05) is 32.9 Å². The van der Waals surface area contributed by atoms with E-state index in [1.807, 2.05) is 19.1 Å². The van der Waals surface area contributed by atoms with Crippen molar-refractivity contribution in [3.05, 3.63) is 47.5 Å². The molecule has 0 amide bonds. The molecule has 32 heavy (non-hydrogen) atoms. The van der Waals surface area contributed by atoms with Crippen LogP contribution in [0.5, 0.6) is 17.4 Å². The molecule has 6 heteroatoms. The van der Waals surface area contributed by atoms with E-state index in [1.54, 1.807) is 14.2 Å². The summed E-state index contributed by atoms with van der Waals surface area (Å²) in [6, 6.07) is 12.1. The zero-order valence-electron chi connectivity index (χ0n) is 19.9. The average molecular weight is 438 g/mol. The van der Waals surface area contributed by atoms with Crippen molar-refractivity contribution in [2.45, 2.75) is 46.6 Å². The lowest BCUT2D eigenvalue weighted by Crippen LogP contribution is -2.24. The summed E-state index contributed by atoms with van der Waals surface area (Å²) in [5.41, 5.74) is 4.45. The van der Waals surface area contributed by atoms with Crippen molar-refractivity contribution in [2.75, 3.05) is 27.3 Å². The van der Waals surface area contributed by atoms with Crippen LogP contribution in [-0.4, -0.2) is 48.0 Å². The fourth-order valence-electron chi connectivity index (χ4n) is 4.10. The van der Waals surface area contributed by atoms with Gasteiger partial charge < -0.3 is 19.6 Å². The number of fused-ring (bicyclic) bond motifs is 1. The van der Waals surface area contributed by atoms with E-state index in [9.17, 15) is 5.11 Å². The van der Waals surface area contributed by atoms with Crippen LogP contribution in [0.4, 0.5) is 5.69 Å². The monoisotopic (exact) mass is 437 g/mol. The second kappa shape index (κ2) is 11.0. The highest BCUT2D eigenvalue weighted by molar-refractivity contribution is 6.14. The van der Waals surface area contributed by atoms with E-state index in [2.05, 4.69) is 48.0 Å². The molecule has 6 nitrogen and oxygen atoms in total. The van der Waals surface area contributed by atoms with Crippen molar-refractivity contribution in [3.8, 4) is 17.4 Å². The lowest BCUT2D eigenvalue weighted by atomic mass is 10.1. The number of nitrogens with one attached hydrogen (secondary N) is 1. The lowest BCUT2D eigenvalue weighted by Gasteiger charge is -2.21. The molecular formula is C26H35N3O3. The van der Waals surface area contributed by atoms with Gasteiger partial charge >= 0.3 is 0 Å². The summed E-state index contributed by atoms with van der Waals surface area (Å²) in [6.45, 7) is 9.66. The van der Waals surface area contributed by atoms with Gasteiger partial charge in [0.15, 0.2) is 17.4 Å². The Balaban J connectivity index is 1.92.